The molecule has 5 rings (SSSR count). The Morgan fingerprint density at radius 2 is 1.97 bits per heavy atom. The summed E-state index contributed by atoms with van der Waals surface area (Å²) in [4.78, 5) is 34.9. The number of hydrogen-bond acceptors (Lipinski definition) is 6. The number of benzene rings is 2. The fourth-order valence-corrected chi connectivity index (χ4v) is 4.47. The van der Waals surface area contributed by atoms with Crippen LogP contribution in [0.3, 0.4) is 0 Å². The quantitative estimate of drug-likeness (QED) is 0.346. The molecule has 33 heavy (non-hydrogen) atoms. The Morgan fingerprint density at radius 3 is 2.76 bits per heavy atom. The number of thioether (sulfide) groups is 1. The molecule has 2 amide bonds. The number of nitrogens with zero attached hydrogens (tertiary/aromatic N) is 5. The number of carbonyl (C=O) groups excluding carboxylic acids is 2. The lowest BCUT2D eigenvalue weighted by Gasteiger charge is -2.16. The van der Waals surface area contributed by atoms with Crippen molar-refractivity contribution in [2.45, 2.75) is 17.9 Å². The zero-order valence-corrected chi connectivity index (χ0v) is 18.3. The minimum Gasteiger partial charge on any atom is -0.325 e. The molecule has 1 N–H and O–H groups in total. The van der Waals surface area contributed by atoms with E-state index in [0.29, 0.717) is 40.4 Å². The van der Waals surface area contributed by atoms with Crippen molar-refractivity contribution >= 4 is 46.0 Å². The van der Waals surface area contributed by atoms with Gasteiger partial charge in [-0.25, -0.2) is 19.0 Å². The van der Waals surface area contributed by atoms with E-state index in [-0.39, 0.29) is 23.4 Å². The van der Waals surface area contributed by atoms with Crippen LogP contribution in [0.2, 0.25) is 0 Å². The largest absolute Gasteiger partial charge is 0.325 e. The molecule has 2 aromatic heterocycles. The fraction of sp³-hybridized carbons (Fsp3) is 0.174. The highest BCUT2D eigenvalue weighted by Crippen LogP contribution is 2.27. The first-order chi connectivity index (χ1) is 16.1. The molecule has 0 saturated carbocycles. The van der Waals surface area contributed by atoms with E-state index in [1.807, 2.05) is 12.1 Å². The van der Waals surface area contributed by atoms with Gasteiger partial charge in [0.2, 0.25) is 11.8 Å². The molecule has 2 aromatic carbocycles. The molecule has 0 spiro atoms. The van der Waals surface area contributed by atoms with Gasteiger partial charge in [0.1, 0.15) is 17.2 Å². The highest BCUT2D eigenvalue weighted by molar-refractivity contribution is 8.00. The molecular formula is C23H19FN6O2S. The molecule has 10 heteroatoms. The van der Waals surface area contributed by atoms with E-state index in [1.54, 1.807) is 40.0 Å². The number of carbonyl (C=O) groups is 2. The summed E-state index contributed by atoms with van der Waals surface area (Å²) in [7, 11) is 0. The van der Waals surface area contributed by atoms with Crippen LogP contribution in [0.15, 0.2) is 66.1 Å². The molecule has 3 heterocycles. The van der Waals surface area contributed by atoms with Gasteiger partial charge in [-0.3, -0.25) is 9.59 Å². The summed E-state index contributed by atoms with van der Waals surface area (Å²) in [5.41, 5.74) is 2.67. The molecule has 0 unspecified atom stereocenters. The Hall–Kier alpha value is -3.79. The Balaban J connectivity index is 1.28. The monoisotopic (exact) mass is 462 g/mol. The molecule has 0 bridgehead atoms. The maximum atomic E-state index is 13.2. The van der Waals surface area contributed by atoms with Crippen LogP contribution in [0.5, 0.6) is 0 Å². The van der Waals surface area contributed by atoms with E-state index in [0.717, 1.165) is 12.1 Å². The number of rotatable bonds is 6. The van der Waals surface area contributed by atoms with Crippen LogP contribution in [-0.2, 0) is 9.59 Å². The first-order valence-electron chi connectivity index (χ1n) is 10.4. The zero-order chi connectivity index (χ0) is 22.8. The second-order valence-corrected chi connectivity index (χ2v) is 8.45. The van der Waals surface area contributed by atoms with Crippen molar-refractivity contribution in [3.05, 3.63) is 66.9 Å². The normalized spacial score (nSPS) is 13.6. The number of nitrogens with one attached hydrogen (secondary N) is 1. The molecule has 1 aliphatic rings. The topological polar surface area (TPSA) is 93.0 Å². The summed E-state index contributed by atoms with van der Waals surface area (Å²) in [5, 5.41) is 8.56. The van der Waals surface area contributed by atoms with Gasteiger partial charge in [0, 0.05) is 24.3 Å². The van der Waals surface area contributed by atoms with E-state index in [4.69, 9.17) is 0 Å². The molecule has 1 saturated heterocycles. The highest BCUT2D eigenvalue weighted by Gasteiger charge is 2.22. The molecule has 0 aliphatic carbocycles. The van der Waals surface area contributed by atoms with E-state index in [1.165, 1.54) is 30.2 Å². The minimum atomic E-state index is -0.329. The Kier molecular flexibility index (Phi) is 5.74. The van der Waals surface area contributed by atoms with Crippen LogP contribution in [0, 0.1) is 5.82 Å². The van der Waals surface area contributed by atoms with Crippen LogP contribution in [0.25, 0.3) is 16.7 Å². The lowest BCUT2D eigenvalue weighted by atomic mass is 10.2. The predicted molar refractivity (Wildman–Crippen MR) is 124 cm³/mol. The van der Waals surface area contributed by atoms with Gasteiger partial charge in [0.05, 0.1) is 23.0 Å². The molecule has 0 atom stereocenters. The van der Waals surface area contributed by atoms with E-state index < -0.39 is 0 Å². The highest BCUT2D eigenvalue weighted by atomic mass is 32.2. The van der Waals surface area contributed by atoms with Gasteiger partial charge in [0.15, 0.2) is 5.65 Å². The van der Waals surface area contributed by atoms with Crippen molar-refractivity contribution in [1.82, 2.24) is 19.7 Å². The van der Waals surface area contributed by atoms with Gasteiger partial charge >= 0.3 is 0 Å². The molecule has 4 aromatic rings. The molecule has 166 valence electrons. The minimum absolute atomic E-state index is 0.1000. The van der Waals surface area contributed by atoms with Gasteiger partial charge in [-0.2, -0.15) is 5.10 Å². The molecule has 1 fully saturated rings. The fourth-order valence-electron chi connectivity index (χ4n) is 3.71. The summed E-state index contributed by atoms with van der Waals surface area (Å²) in [6.07, 6.45) is 4.45. The number of anilines is 2. The smallest absolute Gasteiger partial charge is 0.234 e. The average molecular weight is 463 g/mol. The lowest BCUT2D eigenvalue weighted by molar-refractivity contribution is -0.117. The van der Waals surface area contributed by atoms with Crippen LogP contribution < -0.4 is 10.2 Å². The Labute approximate surface area is 192 Å². The van der Waals surface area contributed by atoms with Crippen molar-refractivity contribution in [1.29, 1.82) is 0 Å². The predicted octanol–water partition coefficient (Wildman–Crippen LogP) is 3.81. The Morgan fingerprint density at radius 1 is 1.12 bits per heavy atom. The third kappa shape index (κ3) is 4.42. The molecule has 8 nitrogen and oxygen atoms in total. The van der Waals surface area contributed by atoms with Crippen LogP contribution in [-0.4, -0.2) is 43.9 Å². The average Bonchev–Trinajstić information content (AvgIpc) is 3.45. The summed E-state index contributed by atoms with van der Waals surface area (Å²) >= 11 is 1.28. The number of halogens is 1. The summed E-state index contributed by atoms with van der Waals surface area (Å²) in [5.74, 6) is -0.281. The first kappa shape index (κ1) is 21.1. The van der Waals surface area contributed by atoms with Gasteiger partial charge in [-0.05, 0) is 48.9 Å². The first-order valence-corrected chi connectivity index (χ1v) is 11.3. The summed E-state index contributed by atoms with van der Waals surface area (Å²) in [6.45, 7) is 0.696. The maximum Gasteiger partial charge on any atom is 0.234 e. The Bertz CT molecular complexity index is 1340. The van der Waals surface area contributed by atoms with Crippen molar-refractivity contribution < 1.29 is 14.0 Å². The molecule has 1 aliphatic heterocycles. The standard InChI is InChI=1S/C23H19FN6O2S/c24-15-6-8-17(9-7-15)30-22-19(12-27-30)23(26-14-25-22)33-13-20(31)28-16-3-1-4-18(11-16)29-10-2-5-21(29)32/h1,3-4,6-9,11-12,14H,2,5,10,13H2,(H,28,31). The van der Waals surface area contributed by atoms with E-state index in [2.05, 4.69) is 20.4 Å². The van der Waals surface area contributed by atoms with Crippen molar-refractivity contribution in [3.8, 4) is 5.69 Å². The van der Waals surface area contributed by atoms with Gasteiger partial charge in [0.25, 0.3) is 0 Å². The van der Waals surface area contributed by atoms with Gasteiger partial charge < -0.3 is 10.2 Å². The summed E-state index contributed by atoms with van der Waals surface area (Å²) in [6, 6.07) is 13.2. The summed E-state index contributed by atoms with van der Waals surface area (Å²) < 4.78 is 14.8. The number of amides is 2. The van der Waals surface area contributed by atoms with Gasteiger partial charge in [-0.1, -0.05) is 17.8 Å². The zero-order valence-electron chi connectivity index (χ0n) is 17.4. The number of aromatic nitrogens is 4. The molecule has 0 radical (unpaired) electrons. The van der Waals surface area contributed by atoms with E-state index in [9.17, 15) is 14.0 Å². The third-order valence-corrected chi connectivity index (χ3v) is 6.26. The number of fused-ring (bicyclic) bond motifs is 1. The second-order valence-electron chi connectivity index (χ2n) is 7.49. The van der Waals surface area contributed by atoms with Crippen molar-refractivity contribution in [3.63, 3.8) is 0 Å². The lowest BCUT2D eigenvalue weighted by Crippen LogP contribution is -2.23. The van der Waals surface area contributed by atoms with Crippen molar-refractivity contribution in [2.75, 3.05) is 22.5 Å². The van der Waals surface area contributed by atoms with E-state index >= 15 is 0 Å². The van der Waals surface area contributed by atoms with Crippen LogP contribution in [0.1, 0.15) is 12.8 Å². The van der Waals surface area contributed by atoms with Crippen molar-refractivity contribution in [2.24, 2.45) is 0 Å². The SMILES string of the molecule is O=C(CSc1ncnc2c1cnn2-c1ccc(F)cc1)Nc1cccc(N2CCCC2=O)c1. The number of hydrogen-bond donors (Lipinski definition) is 1. The molecular weight excluding hydrogens is 443 g/mol. The van der Waals surface area contributed by atoms with Crippen LogP contribution in [0.4, 0.5) is 15.8 Å². The van der Waals surface area contributed by atoms with Crippen LogP contribution >= 0.6 is 11.8 Å². The van der Waals surface area contributed by atoms with Gasteiger partial charge in [-0.15, -0.1) is 0 Å². The maximum absolute atomic E-state index is 13.2. The second kappa shape index (κ2) is 8.99. The third-order valence-electron chi connectivity index (χ3n) is 5.26.